The van der Waals surface area contributed by atoms with Crippen molar-refractivity contribution in [1.29, 1.82) is 0 Å². The minimum Gasteiger partial charge on any atom is -0.374 e. The van der Waals surface area contributed by atoms with Gasteiger partial charge in [0.2, 0.25) is 10.0 Å². The Morgan fingerprint density at radius 1 is 1.32 bits per heavy atom. The molecule has 2 aliphatic rings. The first-order valence-electron chi connectivity index (χ1n) is 8.08. The van der Waals surface area contributed by atoms with Gasteiger partial charge in [-0.2, -0.15) is 0 Å². The van der Waals surface area contributed by atoms with Gasteiger partial charge in [0.05, 0.1) is 4.90 Å². The number of benzene rings is 1. The largest absolute Gasteiger partial charge is 0.374 e. The number of sulfonamides is 1. The molecule has 1 saturated carbocycles. The van der Waals surface area contributed by atoms with Crippen molar-refractivity contribution in [3.05, 3.63) is 23.8 Å². The second kappa shape index (κ2) is 6.18. The number of anilines is 1. The molecule has 122 valence electrons. The van der Waals surface area contributed by atoms with Crippen molar-refractivity contribution in [3.8, 4) is 0 Å². The lowest BCUT2D eigenvalue weighted by atomic mass is 10.0. The van der Waals surface area contributed by atoms with Crippen LogP contribution in [0.15, 0.2) is 23.1 Å². The van der Waals surface area contributed by atoms with E-state index in [1.807, 2.05) is 19.2 Å². The van der Waals surface area contributed by atoms with Crippen LogP contribution >= 0.6 is 0 Å². The highest BCUT2D eigenvalue weighted by Crippen LogP contribution is 2.30. The Morgan fingerprint density at radius 2 is 2.14 bits per heavy atom. The number of nitrogens with two attached hydrogens (primary N) is 1. The third-order valence-corrected chi connectivity index (χ3v) is 6.47. The highest BCUT2D eigenvalue weighted by molar-refractivity contribution is 7.89. The minimum atomic E-state index is -3.48. The van der Waals surface area contributed by atoms with E-state index in [1.54, 1.807) is 6.07 Å². The molecular formula is C16H25N3O2S. The third kappa shape index (κ3) is 3.00. The van der Waals surface area contributed by atoms with Crippen molar-refractivity contribution in [2.24, 2.45) is 11.7 Å². The fourth-order valence-electron chi connectivity index (χ4n) is 3.65. The summed E-state index contributed by atoms with van der Waals surface area (Å²) in [5.74, 6) is 0.259. The maximum Gasteiger partial charge on any atom is 0.240 e. The summed E-state index contributed by atoms with van der Waals surface area (Å²) >= 11 is 0. The van der Waals surface area contributed by atoms with Gasteiger partial charge in [0.25, 0.3) is 0 Å². The van der Waals surface area contributed by atoms with Crippen LogP contribution in [-0.4, -0.2) is 34.6 Å². The lowest BCUT2D eigenvalue weighted by Crippen LogP contribution is -2.39. The average molecular weight is 323 g/mol. The molecule has 22 heavy (non-hydrogen) atoms. The zero-order valence-electron chi connectivity index (χ0n) is 13.1. The van der Waals surface area contributed by atoms with Crippen LogP contribution in [0.4, 0.5) is 5.69 Å². The Labute approximate surface area is 132 Å². The van der Waals surface area contributed by atoms with Crippen molar-refractivity contribution in [3.63, 3.8) is 0 Å². The van der Waals surface area contributed by atoms with Crippen molar-refractivity contribution >= 4 is 15.7 Å². The van der Waals surface area contributed by atoms with Crippen LogP contribution in [0.5, 0.6) is 0 Å². The van der Waals surface area contributed by atoms with E-state index in [4.69, 9.17) is 5.73 Å². The van der Waals surface area contributed by atoms with Gasteiger partial charge in [-0.1, -0.05) is 12.5 Å². The number of nitrogens with zero attached hydrogens (tertiary/aromatic N) is 1. The summed E-state index contributed by atoms with van der Waals surface area (Å²) in [6, 6.07) is 5.47. The van der Waals surface area contributed by atoms with Gasteiger partial charge >= 0.3 is 0 Å². The fourth-order valence-corrected chi connectivity index (χ4v) is 5.01. The van der Waals surface area contributed by atoms with Crippen LogP contribution in [0, 0.1) is 5.92 Å². The van der Waals surface area contributed by atoms with Gasteiger partial charge in [0, 0.05) is 25.3 Å². The van der Waals surface area contributed by atoms with E-state index in [9.17, 15) is 8.42 Å². The quantitative estimate of drug-likeness (QED) is 0.880. The zero-order valence-corrected chi connectivity index (χ0v) is 13.9. The SMILES string of the molecule is CN1CCCc2ccc(S(=O)(=O)N[C@@H]3CCC[C@H]3CN)cc21. The van der Waals surface area contributed by atoms with Gasteiger partial charge in [-0.25, -0.2) is 13.1 Å². The van der Waals surface area contributed by atoms with Crippen LogP contribution in [0.25, 0.3) is 0 Å². The molecule has 3 N–H and O–H groups in total. The summed E-state index contributed by atoms with van der Waals surface area (Å²) < 4.78 is 28.2. The third-order valence-electron chi connectivity index (χ3n) is 4.99. The summed E-state index contributed by atoms with van der Waals surface area (Å²) in [7, 11) is -1.46. The Kier molecular flexibility index (Phi) is 4.43. The minimum absolute atomic E-state index is 0.0243. The fraction of sp³-hybridized carbons (Fsp3) is 0.625. The van der Waals surface area contributed by atoms with Crippen LogP contribution in [0.1, 0.15) is 31.2 Å². The predicted octanol–water partition coefficient (Wildman–Crippen LogP) is 1.47. The summed E-state index contributed by atoms with van der Waals surface area (Å²) in [4.78, 5) is 2.50. The molecule has 2 atom stereocenters. The summed E-state index contributed by atoms with van der Waals surface area (Å²) in [5.41, 5.74) is 8.02. The Bertz CT molecular complexity index is 645. The molecule has 0 amide bonds. The second-order valence-electron chi connectivity index (χ2n) is 6.47. The van der Waals surface area contributed by atoms with Gasteiger partial charge in [0.15, 0.2) is 0 Å². The van der Waals surface area contributed by atoms with Gasteiger partial charge in [-0.15, -0.1) is 0 Å². The van der Waals surface area contributed by atoms with E-state index in [2.05, 4.69) is 9.62 Å². The lowest BCUT2D eigenvalue weighted by Gasteiger charge is -2.28. The molecule has 0 saturated heterocycles. The number of hydrogen-bond donors (Lipinski definition) is 2. The summed E-state index contributed by atoms with van der Waals surface area (Å²) in [6.45, 7) is 1.52. The van der Waals surface area contributed by atoms with E-state index < -0.39 is 10.0 Å². The van der Waals surface area contributed by atoms with E-state index >= 15 is 0 Å². The maximum absolute atomic E-state index is 12.7. The average Bonchev–Trinajstić information content (AvgIpc) is 2.94. The molecule has 6 heteroatoms. The zero-order chi connectivity index (χ0) is 15.7. The Hall–Kier alpha value is -1.11. The number of hydrogen-bond acceptors (Lipinski definition) is 4. The Morgan fingerprint density at radius 3 is 2.91 bits per heavy atom. The van der Waals surface area contributed by atoms with Gasteiger partial charge < -0.3 is 10.6 Å². The van der Waals surface area contributed by atoms with Crippen LogP contribution in [0.3, 0.4) is 0 Å². The number of rotatable bonds is 4. The number of aryl methyl sites for hydroxylation is 1. The van der Waals surface area contributed by atoms with Crippen LogP contribution in [-0.2, 0) is 16.4 Å². The molecule has 0 unspecified atom stereocenters. The summed E-state index contributed by atoms with van der Waals surface area (Å²) in [6.07, 6.45) is 5.07. The first-order valence-corrected chi connectivity index (χ1v) is 9.56. The molecule has 0 aromatic heterocycles. The van der Waals surface area contributed by atoms with E-state index in [0.717, 1.165) is 44.3 Å². The van der Waals surface area contributed by atoms with Gasteiger partial charge in [-0.05, 0) is 55.8 Å². The topological polar surface area (TPSA) is 75.4 Å². The van der Waals surface area contributed by atoms with Crippen LogP contribution < -0.4 is 15.4 Å². The molecule has 0 bridgehead atoms. The van der Waals surface area contributed by atoms with Crippen LogP contribution in [0.2, 0.25) is 0 Å². The monoisotopic (exact) mass is 323 g/mol. The lowest BCUT2D eigenvalue weighted by molar-refractivity contribution is 0.453. The molecule has 1 aromatic rings. The van der Waals surface area contributed by atoms with Crippen molar-refractivity contribution in [1.82, 2.24) is 4.72 Å². The normalized spacial score (nSPS) is 25.3. The highest BCUT2D eigenvalue weighted by Gasteiger charge is 2.30. The molecule has 1 aliphatic heterocycles. The second-order valence-corrected chi connectivity index (χ2v) is 8.18. The van der Waals surface area contributed by atoms with E-state index in [-0.39, 0.29) is 12.0 Å². The first kappa shape index (κ1) is 15.8. The summed E-state index contributed by atoms with van der Waals surface area (Å²) in [5, 5.41) is 0. The molecule has 1 aliphatic carbocycles. The highest BCUT2D eigenvalue weighted by atomic mass is 32.2. The molecule has 0 spiro atoms. The molecule has 0 radical (unpaired) electrons. The van der Waals surface area contributed by atoms with Crippen molar-refractivity contribution < 1.29 is 8.42 Å². The maximum atomic E-state index is 12.7. The number of nitrogens with one attached hydrogen (secondary N) is 1. The Balaban J connectivity index is 1.85. The first-order chi connectivity index (χ1) is 10.5. The molecular weight excluding hydrogens is 298 g/mol. The van der Waals surface area contributed by atoms with Gasteiger partial charge in [-0.3, -0.25) is 0 Å². The smallest absolute Gasteiger partial charge is 0.240 e. The molecule has 5 nitrogen and oxygen atoms in total. The van der Waals surface area contributed by atoms with E-state index in [0.29, 0.717) is 11.4 Å². The number of fused-ring (bicyclic) bond motifs is 1. The predicted molar refractivity (Wildman–Crippen MR) is 88.5 cm³/mol. The van der Waals surface area contributed by atoms with Gasteiger partial charge in [0.1, 0.15) is 0 Å². The van der Waals surface area contributed by atoms with Crippen molar-refractivity contribution in [2.45, 2.75) is 43.0 Å². The molecule has 3 rings (SSSR count). The van der Waals surface area contributed by atoms with E-state index in [1.165, 1.54) is 5.56 Å². The molecule has 1 fully saturated rings. The molecule has 1 aromatic carbocycles. The standard InChI is InChI=1S/C16H25N3O2S/c1-19-9-3-5-12-7-8-14(10-16(12)19)22(20,21)18-15-6-2-4-13(15)11-17/h7-8,10,13,15,18H,2-6,9,11,17H2,1H3/t13-,15+/m0/s1. The molecule has 1 heterocycles. The van der Waals surface area contributed by atoms with Crippen molar-refractivity contribution in [2.75, 3.05) is 25.0 Å².